The highest BCUT2D eigenvalue weighted by molar-refractivity contribution is 6.00. The zero-order valence-corrected chi connectivity index (χ0v) is 12.7. The molecule has 0 saturated heterocycles. The Kier molecular flexibility index (Phi) is 5.91. The first-order chi connectivity index (χ1) is 10.2. The van der Waals surface area contributed by atoms with Gasteiger partial charge in [-0.05, 0) is 26.3 Å². The van der Waals surface area contributed by atoms with Gasteiger partial charge >= 0.3 is 18.0 Å². The number of carbonyl (C=O) groups is 3. The quantitative estimate of drug-likeness (QED) is 0.634. The van der Waals surface area contributed by atoms with Crippen molar-refractivity contribution in [2.45, 2.75) is 39.0 Å². The molecule has 1 atom stereocenters. The van der Waals surface area contributed by atoms with Crippen LogP contribution in [-0.4, -0.2) is 34.8 Å². The van der Waals surface area contributed by atoms with Crippen molar-refractivity contribution in [1.82, 2.24) is 5.32 Å². The monoisotopic (exact) mass is 309 g/mol. The van der Waals surface area contributed by atoms with Crippen LogP contribution in [0.25, 0.3) is 0 Å². The summed E-state index contributed by atoms with van der Waals surface area (Å²) in [5.41, 5.74) is -0.0987. The Bertz CT molecular complexity index is 535. The lowest BCUT2D eigenvalue weighted by molar-refractivity contribution is -0.156. The molecule has 0 radical (unpaired) electrons. The first-order valence-corrected chi connectivity index (χ1v) is 6.62. The molecule has 0 aromatic heterocycles. The number of carbonyl (C=O) groups excluding carboxylic acids is 2. The van der Waals surface area contributed by atoms with Gasteiger partial charge in [0.05, 0.1) is 0 Å². The fraction of sp³-hybridized carbons (Fsp3) is 0.400. The van der Waals surface area contributed by atoms with Crippen LogP contribution in [0.4, 0.5) is 4.79 Å². The van der Waals surface area contributed by atoms with E-state index in [1.807, 2.05) is 5.32 Å². The minimum Gasteiger partial charge on any atom is -0.479 e. The fourth-order valence-corrected chi connectivity index (χ4v) is 1.46. The molecule has 1 rings (SSSR count). The van der Waals surface area contributed by atoms with Crippen molar-refractivity contribution in [3.63, 3.8) is 0 Å². The number of aliphatic carboxylic acids is 1. The van der Waals surface area contributed by atoms with Crippen molar-refractivity contribution in [3.8, 4) is 0 Å². The fourth-order valence-electron chi connectivity index (χ4n) is 1.46. The molecule has 0 heterocycles. The third kappa shape index (κ3) is 6.25. The van der Waals surface area contributed by atoms with Gasteiger partial charge in [0.25, 0.3) is 0 Å². The van der Waals surface area contributed by atoms with E-state index >= 15 is 0 Å². The average Bonchev–Trinajstić information content (AvgIpc) is 2.41. The Morgan fingerprint density at radius 3 is 2.27 bits per heavy atom. The van der Waals surface area contributed by atoms with Crippen LogP contribution in [0.1, 0.15) is 26.3 Å². The summed E-state index contributed by atoms with van der Waals surface area (Å²) in [7, 11) is 0. The number of benzene rings is 1. The number of rotatable bonds is 5. The van der Waals surface area contributed by atoms with Crippen LogP contribution in [0.5, 0.6) is 0 Å². The molecule has 0 bridgehead atoms. The zero-order chi connectivity index (χ0) is 16.8. The van der Waals surface area contributed by atoms with E-state index in [2.05, 4.69) is 0 Å². The number of alkyl carbamates (subject to hydrolysis) is 1. The van der Waals surface area contributed by atoms with Crippen molar-refractivity contribution in [3.05, 3.63) is 35.9 Å². The summed E-state index contributed by atoms with van der Waals surface area (Å²) in [6.07, 6.45) is -1.00. The van der Waals surface area contributed by atoms with Crippen LogP contribution >= 0.6 is 0 Å². The highest BCUT2D eigenvalue weighted by Crippen LogP contribution is 2.07. The normalized spacial score (nSPS) is 12.1. The minimum atomic E-state index is -1.82. The predicted octanol–water partition coefficient (Wildman–Crippen LogP) is 1.71. The Labute approximate surface area is 128 Å². The number of carboxylic acid groups (broad SMARTS) is 1. The number of esters is 1. The SMILES string of the molecule is CC(C)(C)OC(=O)NC(C(=O)O)C(=O)OCc1ccccc1. The molecule has 0 aliphatic heterocycles. The first kappa shape index (κ1) is 17.5. The third-order valence-corrected chi connectivity index (χ3v) is 2.37. The molecule has 0 aliphatic rings. The number of ether oxygens (including phenoxy) is 2. The molecule has 2 N–H and O–H groups in total. The van der Waals surface area contributed by atoms with E-state index in [-0.39, 0.29) is 6.61 Å². The van der Waals surface area contributed by atoms with Crippen molar-refractivity contribution in [2.24, 2.45) is 0 Å². The zero-order valence-electron chi connectivity index (χ0n) is 12.7. The molecule has 1 unspecified atom stereocenters. The Morgan fingerprint density at radius 1 is 1.18 bits per heavy atom. The summed E-state index contributed by atoms with van der Waals surface area (Å²) in [4.78, 5) is 34.4. The van der Waals surface area contributed by atoms with Crippen molar-refractivity contribution in [1.29, 1.82) is 0 Å². The molecule has 7 heteroatoms. The van der Waals surface area contributed by atoms with Gasteiger partial charge in [0, 0.05) is 0 Å². The number of hydrogen-bond acceptors (Lipinski definition) is 5. The summed E-state index contributed by atoms with van der Waals surface area (Å²) in [6, 6.07) is 6.95. The number of nitrogens with one attached hydrogen (secondary N) is 1. The predicted molar refractivity (Wildman–Crippen MR) is 77.0 cm³/mol. The van der Waals surface area contributed by atoms with Crippen molar-refractivity contribution in [2.75, 3.05) is 0 Å². The number of amides is 1. The van der Waals surface area contributed by atoms with Gasteiger partial charge in [0.1, 0.15) is 12.2 Å². The molecule has 1 amide bonds. The maximum atomic E-state index is 11.8. The van der Waals surface area contributed by atoms with Gasteiger partial charge in [-0.15, -0.1) is 0 Å². The topological polar surface area (TPSA) is 102 Å². The molecule has 0 aliphatic carbocycles. The minimum absolute atomic E-state index is 0.0839. The van der Waals surface area contributed by atoms with E-state index in [9.17, 15) is 14.4 Å². The van der Waals surface area contributed by atoms with E-state index in [0.717, 1.165) is 0 Å². The molecule has 22 heavy (non-hydrogen) atoms. The van der Waals surface area contributed by atoms with Gasteiger partial charge in [-0.1, -0.05) is 30.3 Å². The number of carboxylic acids is 1. The molecule has 7 nitrogen and oxygen atoms in total. The maximum absolute atomic E-state index is 11.8. The standard InChI is InChI=1S/C15H19NO6/c1-15(2,3)22-14(20)16-11(12(17)18)13(19)21-9-10-7-5-4-6-8-10/h4-8,11H,9H2,1-3H3,(H,16,20)(H,17,18). The maximum Gasteiger partial charge on any atom is 0.408 e. The second-order valence-corrected chi connectivity index (χ2v) is 5.51. The highest BCUT2D eigenvalue weighted by Gasteiger charge is 2.31. The first-order valence-electron chi connectivity index (χ1n) is 6.62. The van der Waals surface area contributed by atoms with Crippen molar-refractivity contribution >= 4 is 18.0 Å². The van der Waals surface area contributed by atoms with Crippen LogP contribution in [-0.2, 0) is 25.7 Å². The summed E-state index contributed by atoms with van der Waals surface area (Å²) in [5.74, 6) is -2.59. The van der Waals surface area contributed by atoms with E-state index in [1.54, 1.807) is 51.1 Å². The lowest BCUT2D eigenvalue weighted by atomic mass is 10.2. The average molecular weight is 309 g/mol. The second-order valence-electron chi connectivity index (χ2n) is 5.51. The van der Waals surface area contributed by atoms with Gasteiger partial charge in [0.2, 0.25) is 6.04 Å². The number of hydrogen-bond donors (Lipinski definition) is 2. The Hall–Kier alpha value is -2.57. The molecule has 120 valence electrons. The molecular formula is C15H19NO6. The summed E-state index contributed by atoms with van der Waals surface area (Å²) < 4.78 is 9.80. The Morgan fingerprint density at radius 2 is 1.77 bits per heavy atom. The van der Waals surface area contributed by atoms with Gasteiger partial charge < -0.3 is 14.6 Å². The van der Waals surface area contributed by atoms with Crippen molar-refractivity contribution < 1.29 is 29.0 Å². The summed E-state index contributed by atoms with van der Waals surface area (Å²) in [5, 5.41) is 11.0. The van der Waals surface area contributed by atoms with Crippen LogP contribution < -0.4 is 5.32 Å². The molecule has 1 aromatic carbocycles. The van der Waals surface area contributed by atoms with E-state index in [1.165, 1.54) is 0 Å². The van der Waals surface area contributed by atoms with E-state index < -0.39 is 29.7 Å². The summed E-state index contributed by atoms with van der Waals surface area (Å²) in [6.45, 7) is 4.78. The molecule has 0 saturated carbocycles. The van der Waals surface area contributed by atoms with Gasteiger partial charge in [-0.25, -0.2) is 14.4 Å². The van der Waals surface area contributed by atoms with Gasteiger partial charge in [0.15, 0.2) is 0 Å². The third-order valence-electron chi connectivity index (χ3n) is 2.37. The Balaban J connectivity index is 2.60. The van der Waals surface area contributed by atoms with E-state index in [0.29, 0.717) is 5.56 Å². The lowest BCUT2D eigenvalue weighted by Gasteiger charge is -2.21. The smallest absolute Gasteiger partial charge is 0.408 e. The molecular weight excluding hydrogens is 290 g/mol. The molecule has 1 aromatic rings. The van der Waals surface area contributed by atoms with E-state index in [4.69, 9.17) is 14.6 Å². The van der Waals surface area contributed by atoms with Crippen LogP contribution in [0.15, 0.2) is 30.3 Å². The van der Waals surface area contributed by atoms with Gasteiger partial charge in [-0.3, -0.25) is 5.32 Å². The second kappa shape index (κ2) is 7.44. The highest BCUT2D eigenvalue weighted by atomic mass is 16.6. The van der Waals surface area contributed by atoms with Crippen LogP contribution in [0.2, 0.25) is 0 Å². The molecule has 0 fully saturated rings. The van der Waals surface area contributed by atoms with Crippen LogP contribution in [0, 0.1) is 0 Å². The largest absolute Gasteiger partial charge is 0.479 e. The molecule has 0 spiro atoms. The van der Waals surface area contributed by atoms with Gasteiger partial charge in [-0.2, -0.15) is 0 Å². The van der Waals surface area contributed by atoms with Crippen LogP contribution in [0.3, 0.4) is 0 Å². The summed E-state index contributed by atoms with van der Waals surface area (Å²) >= 11 is 0. The lowest BCUT2D eigenvalue weighted by Crippen LogP contribution is -2.48.